The number of halogens is 1. The molecule has 2 aliphatic heterocycles. The molecule has 2 heterocycles. The van der Waals surface area contributed by atoms with Crippen LogP contribution in [0.15, 0.2) is 53.4 Å². The maximum Gasteiger partial charge on any atom is 0.261 e. The first kappa shape index (κ1) is 24.1. The molecule has 4 rings (SSSR count). The second-order valence-electron chi connectivity index (χ2n) is 8.20. The molecule has 2 aliphatic rings. The fraction of sp³-hybridized carbons (Fsp3) is 0.391. The van der Waals surface area contributed by atoms with Crippen molar-refractivity contribution in [1.29, 1.82) is 0 Å². The van der Waals surface area contributed by atoms with Crippen LogP contribution in [-0.4, -0.2) is 94.0 Å². The van der Waals surface area contributed by atoms with Crippen LogP contribution in [0.4, 0.5) is 10.1 Å². The second kappa shape index (κ2) is 10.5. The molecule has 0 spiro atoms. The van der Waals surface area contributed by atoms with Gasteiger partial charge < -0.3 is 14.5 Å². The number of ether oxygens (including phenoxy) is 1. The monoisotopic (exact) mass is 490 g/mol. The molecule has 11 heteroatoms. The molecule has 0 aromatic heterocycles. The van der Waals surface area contributed by atoms with Gasteiger partial charge in [-0.3, -0.25) is 19.2 Å². The quantitative estimate of drug-likeness (QED) is 0.654. The molecule has 0 bridgehead atoms. The van der Waals surface area contributed by atoms with Crippen molar-refractivity contribution < 1.29 is 27.1 Å². The summed E-state index contributed by atoms with van der Waals surface area (Å²) in [7, 11) is -3.87. The summed E-state index contributed by atoms with van der Waals surface area (Å²) >= 11 is 0. The number of benzene rings is 2. The van der Waals surface area contributed by atoms with Crippen molar-refractivity contribution >= 4 is 27.5 Å². The van der Waals surface area contributed by atoms with Gasteiger partial charge in [0.25, 0.3) is 15.9 Å². The minimum atomic E-state index is -3.87. The zero-order chi connectivity index (χ0) is 24.1. The number of hydrogen-bond donors (Lipinski definition) is 1. The van der Waals surface area contributed by atoms with Gasteiger partial charge in [-0.1, -0.05) is 0 Å². The average molecular weight is 491 g/mol. The highest BCUT2D eigenvalue weighted by atomic mass is 32.2. The lowest BCUT2D eigenvalue weighted by atomic mass is 10.1. The van der Waals surface area contributed by atoms with E-state index in [1.54, 1.807) is 21.9 Å². The molecule has 9 nitrogen and oxygen atoms in total. The Morgan fingerprint density at radius 3 is 2.06 bits per heavy atom. The van der Waals surface area contributed by atoms with Gasteiger partial charge in [0.05, 0.1) is 24.7 Å². The molecule has 2 saturated heterocycles. The van der Waals surface area contributed by atoms with Crippen LogP contribution < -0.4 is 4.72 Å². The van der Waals surface area contributed by atoms with E-state index >= 15 is 0 Å². The summed E-state index contributed by atoms with van der Waals surface area (Å²) in [4.78, 5) is 30.9. The van der Waals surface area contributed by atoms with Crippen molar-refractivity contribution in [2.24, 2.45) is 0 Å². The third-order valence-electron chi connectivity index (χ3n) is 5.89. The lowest BCUT2D eigenvalue weighted by Gasteiger charge is -2.36. The van der Waals surface area contributed by atoms with E-state index in [-0.39, 0.29) is 16.7 Å². The van der Waals surface area contributed by atoms with Crippen LogP contribution in [-0.2, 0) is 19.6 Å². The molecule has 2 fully saturated rings. The second-order valence-corrected chi connectivity index (χ2v) is 9.88. The summed E-state index contributed by atoms with van der Waals surface area (Å²) in [5.41, 5.74) is 0.720. The van der Waals surface area contributed by atoms with Crippen LogP contribution >= 0.6 is 0 Å². The Morgan fingerprint density at radius 1 is 0.853 bits per heavy atom. The highest BCUT2D eigenvalue weighted by Gasteiger charge is 2.26. The summed E-state index contributed by atoms with van der Waals surface area (Å²) in [6.45, 7) is 4.98. The number of anilines is 1. The van der Waals surface area contributed by atoms with Crippen molar-refractivity contribution in [3.8, 4) is 0 Å². The minimum absolute atomic E-state index is 0.0601. The molecule has 2 aromatic carbocycles. The number of nitrogens with zero attached hydrogens (tertiary/aromatic N) is 3. The van der Waals surface area contributed by atoms with Gasteiger partial charge in [-0.25, -0.2) is 12.8 Å². The van der Waals surface area contributed by atoms with Gasteiger partial charge in [0, 0.05) is 50.5 Å². The summed E-state index contributed by atoms with van der Waals surface area (Å²) in [5, 5.41) is 0. The lowest BCUT2D eigenvalue weighted by Crippen LogP contribution is -2.53. The number of carbonyl (C=O) groups is 2. The SMILES string of the molecule is O=C(CN1CCOCC1)N1CCN(C(=O)c2ccc(NS(=O)(=O)c3ccc(F)cc3)cc2)CC1. The van der Waals surface area contributed by atoms with Crippen molar-refractivity contribution in [2.45, 2.75) is 4.90 Å². The molecule has 0 aliphatic carbocycles. The van der Waals surface area contributed by atoms with E-state index in [4.69, 9.17) is 4.74 Å². The highest BCUT2D eigenvalue weighted by Crippen LogP contribution is 2.18. The minimum Gasteiger partial charge on any atom is -0.379 e. The number of nitrogens with one attached hydrogen (secondary N) is 1. The van der Waals surface area contributed by atoms with E-state index in [1.807, 2.05) is 0 Å². The fourth-order valence-electron chi connectivity index (χ4n) is 3.90. The number of amides is 2. The lowest BCUT2D eigenvalue weighted by molar-refractivity contribution is -0.134. The predicted molar refractivity (Wildman–Crippen MR) is 123 cm³/mol. The third kappa shape index (κ3) is 5.91. The Hall–Kier alpha value is -3.02. The number of piperazine rings is 1. The van der Waals surface area contributed by atoms with Gasteiger partial charge in [-0.05, 0) is 48.5 Å². The Labute approximate surface area is 198 Å². The van der Waals surface area contributed by atoms with Crippen molar-refractivity contribution in [1.82, 2.24) is 14.7 Å². The zero-order valence-electron chi connectivity index (χ0n) is 18.7. The van der Waals surface area contributed by atoms with Crippen LogP contribution in [0.1, 0.15) is 10.4 Å². The van der Waals surface area contributed by atoms with E-state index in [0.29, 0.717) is 57.2 Å². The van der Waals surface area contributed by atoms with Crippen molar-refractivity contribution in [3.05, 3.63) is 59.9 Å². The van der Waals surface area contributed by atoms with Crippen LogP contribution in [0.3, 0.4) is 0 Å². The molecule has 2 amide bonds. The fourth-order valence-corrected chi connectivity index (χ4v) is 4.96. The van der Waals surface area contributed by atoms with Crippen LogP contribution in [0.25, 0.3) is 0 Å². The summed E-state index contributed by atoms with van der Waals surface area (Å²) in [6, 6.07) is 10.6. The smallest absolute Gasteiger partial charge is 0.261 e. The summed E-state index contributed by atoms with van der Waals surface area (Å²) in [5.74, 6) is -0.635. The van der Waals surface area contributed by atoms with Gasteiger partial charge in [-0.2, -0.15) is 0 Å². The van der Waals surface area contributed by atoms with Gasteiger partial charge in [0.2, 0.25) is 5.91 Å². The van der Waals surface area contributed by atoms with Crippen LogP contribution in [0.2, 0.25) is 0 Å². The molecule has 0 saturated carbocycles. The first-order valence-electron chi connectivity index (χ1n) is 11.1. The number of carbonyl (C=O) groups excluding carboxylic acids is 2. The first-order valence-corrected chi connectivity index (χ1v) is 12.6. The standard InChI is InChI=1S/C23H27FN4O5S/c24-19-3-7-21(8-4-19)34(31,32)25-20-5-1-18(2-6-20)23(30)28-11-9-27(10-12-28)22(29)17-26-13-15-33-16-14-26/h1-8,25H,9-17H2. The average Bonchev–Trinajstić information content (AvgIpc) is 2.85. The molecular weight excluding hydrogens is 463 g/mol. The molecule has 182 valence electrons. The highest BCUT2D eigenvalue weighted by molar-refractivity contribution is 7.92. The van der Waals surface area contributed by atoms with E-state index in [2.05, 4.69) is 9.62 Å². The van der Waals surface area contributed by atoms with Gasteiger partial charge in [0.15, 0.2) is 0 Å². The molecule has 2 aromatic rings. The molecule has 34 heavy (non-hydrogen) atoms. The Kier molecular flexibility index (Phi) is 7.44. The normalized spacial score (nSPS) is 17.4. The molecular formula is C23H27FN4O5S. The maximum absolute atomic E-state index is 13.1. The van der Waals surface area contributed by atoms with E-state index in [1.165, 1.54) is 24.3 Å². The van der Waals surface area contributed by atoms with E-state index in [0.717, 1.165) is 25.2 Å². The Bertz CT molecular complexity index is 1110. The number of morpholine rings is 1. The van der Waals surface area contributed by atoms with Gasteiger partial charge in [-0.15, -0.1) is 0 Å². The van der Waals surface area contributed by atoms with Crippen molar-refractivity contribution in [3.63, 3.8) is 0 Å². The first-order chi connectivity index (χ1) is 16.3. The van der Waals surface area contributed by atoms with Gasteiger partial charge >= 0.3 is 0 Å². The van der Waals surface area contributed by atoms with E-state index in [9.17, 15) is 22.4 Å². The van der Waals surface area contributed by atoms with Crippen LogP contribution in [0, 0.1) is 5.82 Å². The largest absolute Gasteiger partial charge is 0.379 e. The van der Waals surface area contributed by atoms with E-state index < -0.39 is 15.8 Å². The maximum atomic E-state index is 13.1. The number of rotatable bonds is 6. The van der Waals surface area contributed by atoms with Crippen LogP contribution in [0.5, 0.6) is 0 Å². The Morgan fingerprint density at radius 2 is 1.44 bits per heavy atom. The number of sulfonamides is 1. The third-order valence-corrected chi connectivity index (χ3v) is 7.29. The predicted octanol–water partition coefficient (Wildman–Crippen LogP) is 1.24. The summed E-state index contributed by atoms with van der Waals surface area (Å²) in [6.07, 6.45) is 0. The molecule has 1 N–H and O–H groups in total. The Balaban J connectivity index is 1.30. The molecule has 0 unspecified atom stereocenters. The molecule has 0 radical (unpaired) electrons. The zero-order valence-corrected chi connectivity index (χ0v) is 19.5. The molecule has 0 atom stereocenters. The topological polar surface area (TPSA) is 99.3 Å². The summed E-state index contributed by atoms with van der Waals surface area (Å²) < 4.78 is 45.7. The number of hydrogen-bond acceptors (Lipinski definition) is 6. The van der Waals surface area contributed by atoms with Gasteiger partial charge in [0.1, 0.15) is 5.82 Å². The van der Waals surface area contributed by atoms with Crippen molar-refractivity contribution in [2.75, 3.05) is 63.7 Å².